The van der Waals surface area contributed by atoms with Gasteiger partial charge in [0.05, 0.1) is 5.75 Å². The van der Waals surface area contributed by atoms with Crippen molar-refractivity contribution >= 4 is 17.5 Å². The zero-order chi connectivity index (χ0) is 18.7. The first-order chi connectivity index (χ1) is 12.6. The molecule has 0 radical (unpaired) electrons. The molecule has 0 N–H and O–H groups in total. The van der Waals surface area contributed by atoms with E-state index < -0.39 is 0 Å². The van der Waals surface area contributed by atoms with E-state index in [1.165, 1.54) is 11.8 Å². The molecule has 0 atom stereocenters. The topological polar surface area (TPSA) is 65.6 Å². The van der Waals surface area contributed by atoms with Gasteiger partial charge in [-0.05, 0) is 45.9 Å². The molecule has 3 heterocycles. The van der Waals surface area contributed by atoms with E-state index in [4.69, 9.17) is 0 Å². The molecule has 7 heteroatoms. The monoisotopic (exact) mass is 369 g/mol. The second-order valence-electron chi connectivity index (χ2n) is 6.03. The minimum absolute atomic E-state index is 0.124. The number of pyridine rings is 1. The Morgan fingerprint density at radius 3 is 2.38 bits per heavy atom. The van der Waals surface area contributed by atoms with E-state index in [2.05, 4.69) is 33.6 Å². The minimum atomic E-state index is 0.124. The molecule has 0 aliphatic carbocycles. The normalized spacial score (nSPS) is 11.1. The second kappa shape index (κ2) is 7.86. The van der Waals surface area contributed by atoms with Crippen LogP contribution in [0.1, 0.15) is 35.6 Å². The van der Waals surface area contributed by atoms with Crippen LogP contribution in [0.5, 0.6) is 0 Å². The van der Waals surface area contributed by atoms with Crippen molar-refractivity contribution in [2.45, 2.75) is 45.9 Å². The standard InChI is InChI=1S/C19H23N5OS/c1-5-23-13(3)11-16(14(23)4)17(25)12-26-19-22-21-18(24(19)6-2)15-7-9-20-10-8-15/h7-11H,5-6,12H2,1-4H3. The van der Waals surface area contributed by atoms with Crippen molar-refractivity contribution in [2.24, 2.45) is 0 Å². The van der Waals surface area contributed by atoms with Crippen LogP contribution in [0.25, 0.3) is 11.4 Å². The second-order valence-corrected chi connectivity index (χ2v) is 6.97. The van der Waals surface area contributed by atoms with E-state index in [1.54, 1.807) is 12.4 Å². The van der Waals surface area contributed by atoms with E-state index in [0.717, 1.165) is 46.6 Å². The summed E-state index contributed by atoms with van der Waals surface area (Å²) in [5.41, 5.74) is 3.92. The molecule has 3 aromatic heterocycles. The predicted octanol–water partition coefficient (Wildman–Crippen LogP) is 3.77. The van der Waals surface area contributed by atoms with Crippen LogP contribution in [-0.2, 0) is 13.1 Å². The van der Waals surface area contributed by atoms with Gasteiger partial charge in [0.15, 0.2) is 16.8 Å². The number of carbonyl (C=O) groups excluding carboxylic acids is 1. The summed E-state index contributed by atoms with van der Waals surface area (Å²) in [4.78, 5) is 16.7. The molecule has 0 unspecified atom stereocenters. The summed E-state index contributed by atoms with van der Waals surface area (Å²) < 4.78 is 4.19. The Morgan fingerprint density at radius 1 is 1.08 bits per heavy atom. The molecule has 0 aliphatic rings. The van der Waals surface area contributed by atoms with Crippen LogP contribution >= 0.6 is 11.8 Å². The van der Waals surface area contributed by atoms with Crippen molar-refractivity contribution in [1.29, 1.82) is 0 Å². The first-order valence-electron chi connectivity index (χ1n) is 8.73. The molecule has 136 valence electrons. The SMILES string of the molecule is CCn1c(SCC(=O)c2cc(C)n(CC)c2C)nnc1-c1ccncc1. The van der Waals surface area contributed by atoms with Crippen LogP contribution in [-0.4, -0.2) is 35.9 Å². The van der Waals surface area contributed by atoms with Gasteiger partial charge in [-0.1, -0.05) is 11.8 Å². The quantitative estimate of drug-likeness (QED) is 0.468. The third-order valence-electron chi connectivity index (χ3n) is 4.49. The van der Waals surface area contributed by atoms with Gasteiger partial charge in [-0.3, -0.25) is 9.78 Å². The van der Waals surface area contributed by atoms with Crippen LogP contribution < -0.4 is 0 Å². The highest BCUT2D eigenvalue weighted by molar-refractivity contribution is 7.99. The van der Waals surface area contributed by atoms with Crippen molar-refractivity contribution in [3.05, 3.63) is 47.5 Å². The molecule has 6 nitrogen and oxygen atoms in total. The number of carbonyl (C=O) groups is 1. The van der Waals surface area contributed by atoms with Gasteiger partial charge in [-0.25, -0.2) is 0 Å². The van der Waals surface area contributed by atoms with Gasteiger partial charge in [0.2, 0.25) is 0 Å². The molecule has 0 aliphatic heterocycles. The molecule has 0 bridgehead atoms. The van der Waals surface area contributed by atoms with Crippen LogP contribution in [0, 0.1) is 13.8 Å². The van der Waals surface area contributed by atoms with E-state index in [1.807, 2.05) is 36.6 Å². The Morgan fingerprint density at radius 2 is 1.77 bits per heavy atom. The fraction of sp³-hybridized carbons (Fsp3) is 0.368. The molecule has 26 heavy (non-hydrogen) atoms. The van der Waals surface area contributed by atoms with E-state index >= 15 is 0 Å². The lowest BCUT2D eigenvalue weighted by molar-refractivity contribution is 0.102. The zero-order valence-electron chi connectivity index (χ0n) is 15.6. The molecule has 0 saturated heterocycles. The maximum atomic E-state index is 12.7. The van der Waals surface area contributed by atoms with Gasteiger partial charge in [0.25, 0.3) is 0 Å². The molecular weight excluding hydrogens is 346 g/mol. The number of thioether (sulfide) groups is 1. The summed E-state index contributed by atoms with van der Waals surface area (Å²) in [5.74, 6) is 1.27. The summed E-state index contributed by atoms with van der Waals surface area (Å²) in [7, 11) is 0. The largest absolute Gasteiger partial charge is 0.349 e. The van der Waals surface area contributed by atoms with Crippen molar-refractivity contribution in [3.8, 4) is 11.4 Å². The lowest BCUT2D eigenvalue weighted by atomic mass is 10.2. The number of aryl methyl sites for hydroxylation is 1. The summed E-state index contributed by atoms with van der Waals surface area (Å²) in [6.45, 7) is 9.80. The molecule has 0 spiro atoms. The van der Waals surface area contributed by atoms with Gasteiger partial charge in [-0.15, -0.1) is 10.2 Å². The predicted molar refractivity (Wildman–Crippen MR) is 104 cm³/mol. The van der Waals surface area contributed by atoms with Crippen LogP contribution in [0.4, 0.5) is 0 Å². The smallest absolute Gasteiger partial charge is 0.191 e. The van der Waals surface area contributed by atoms with Gasteiger partial charge >= 0.3 is 0 Å². The van der Waals surface area contributed by atoms with E-state index in [-0.39, 0.29) is 5.78 Å². The highest BCUT2D eigenvalue weighted by Crippen LogP contribution is 2.25. The van der Waals surface area contributed by atoms with Gasteiger partial charge in [0, 0.05) is 48.0 Å². The minimum Gasteiger partial charge on any atom is -0.349 e. The highest BCUT2D eigenvalue weighted by atomic mass is 32.2. The van der Waals surface area contributed by atoms with Crippen LogP contribution in [0.3, 0.4) is 0 Å². The Bertz CT molecular complexity index is 914. The summed E-state index contributed by atoms with van der Waals surface area (Å²) in [6, 6.07) is 5.80. The summed E-state index contributed by atoms with van der Waals surface area (Å²) in [5, 5.41) is 9.36. The lowest BCUT2D eigenvalue weighted by Gasteiger charge is -2.07. The Kier molecular flexibility index (Phi) is 5.56. The number of nitrogens with zero attached hydrogens (tertiary/aromatic N) is 5. The van der Waals surface area contributed by atoms with Crippen molar-refractivity contribution in [2.75, 3.05) is 5.75 Å². The van der Waals surface area contributed by atoms with Crippen molar-refractivity contribution in [3.63, 3.8) is 0 Å². The zero-order valence-corrected chi connectivity index (χ0v) is 16.4. The fourth-order valence-corrected chi connectivity index (χ4v) is 4.06. The molecule has 0 aromatic carbocycles. The maximum Gasteiger partial charge on any atom is 0.191 e. The Labute approximate surface area is 157 Å². The van der Waals surface area contributed by atoms with E-state index in [9.17, 15) is 4.79 Å². The number of hydrogen-bond donors (Lipinski definition) is 0. The maximum absolute atomic E-state index is 12.7. The first-order valence-corrected chi connectivity index (χ1v) is 9.71. The number of ketones is 1. The first kappa shape index (κ1) is 18.4. The Hall–Kier alpha value is -2.41. The number of rotatable bonds is 7. The number of Topliss-reactive ketones (excluding diaryl/α,β-unsaturated/α-hetero) is 1. The van der Waals surface area contributed by atoms with Gasteiger partial charge < -0.3 is 9.13 Å². The van der Waals surface area contributed by atoms with Crippen molar-refractivity contribution in [1.82, 2.24) is 24.3 Å². The molecule has 0 amide bonds. The lowest BCUT2D eigenvalue weighted by Crippen LogP contribution is -2.07. The third-order valence-corrected chi connectivity index (χ3v) is 5.46. The average Bonchev–Trinajstić information content (AvgIpc) is 3.20. The fourth-order valence-electron chi connectivity index (χ4n) is 3.17. The van der Waals surface area contributed by atoms with Crippen molar-refractivity contribution < 1.29 is 4.79 Å². The number of aromatic nitrogens is 5. The van der Waals surface area contributed by atoms with Crippen LogP contribution in [0.15, 0.2) is 35.7 Å². The molecular formula is C19H23N5OS. The molecule has 3 aromatic rings. The highest BCUT2D eigenvalue weighted by Gasteiger charge is 2.18. The average molecular weight is 369 g/mol. The van der Waals surface area contributed by atoms with Gasteiger partial charge in [0.1, 0.15) is 0 Å². The third kappa shape index (κ3) is 3.44. The van der Waals surface area contributed by atoms with Crippen LogP contribution in [0.2, 0.25) is 0 Å². The summed E-state index contributed by atoms with van der Waals surface area (Å²) >= 11 is 1.44. The number of hydrogen-bond acceptors (Lipinski definition) is 5. The molecule has 0 fully saturated rings. The van der Waals surface area contributed by atoms with Gasteiger partial charge in [-0.2, -0.15) is 0 Å². The molecule has 0 saturated carbocycles. The summed E-state index contributed by atoms with van der Waals surface area (Å²) in [6.07, 6.45) is 3.48. The molecule has 3 rings (SSSR count). The Balaban J connectivity index is 1.78. The van der Waals surface area contributed by atoms with E-state index in [0.29, 0.717) is 5.75 Å².